The van der Waals surface area contributed by atoms with Crippen molar-refractivity contribution in [2.24, 2.45) is 0 Å². The normalized spacial score (nSPS) is 14.2. The summed E-state index contributed by atoms with van der Waals surface area (Å²) < 4.78 is 37.4. The molecule has 0 unspecified atom stereocenters. The molecule has 0 aliphatic rings. The Bertz CT molecular complexity index is 394. The number of methoxy groups -OCH3 is 1. The van der Waals surface area contributed by atoms with E-state index in [-0.39, 0.29) is 0 Å². The van der Waals surface area contributed by atoms with Gasteiger partial charge in [-0.2, -0.15) is 0 Å². The number of nitro benzene ring substituents is 1. The average molecular weight is 174 g/mol. The van der Waals surface area contributed by atoms with Gasteiger partial charge in [-0.3, -0.25) is 10.1 Å². The third-order valence-corrected chi connectivity index (χ3v) is 1.24. The first kappa shape index (κ1) is 5.08. The molecule has 0 aromatic heterocycles. The minimum atomic E-state index is -2.84. The number of non-ortho nitro benzene ring substituents is 1. The van der Waals surface area contributed by atoms with Crippen LogP contribution in [0.3, 0.4) is 0 Å². The minimum absolute atomic E-state index is 0.435. The largest absolute Gasteiger partial charge is 0.493 e. The van der Waals surface area contributed by atoms with Gasteiger partial charge < -0.3 is 4.74 Å². The van der Waals surface area contributed by atoms with Gasteiger partial charge in [0, 0.05) is 6.07 Å². The zero-order valence-electron chi connectivity index (χ0n) is 8.78. The molecule has 0 heterocycles. The van der Waals surface area contributed by atoms with Crippen molar-refractivity contribution in [2.75, 3.05) is 7.04 Å². The van der Waals surface area contributed by atoms with Crippen molar-refractivity contribution in [1.29, 1.82) is 0 Å². The topological polar surface area (TPSA) is 52.4 Å². The van der Waals surface area contributed by atoms with E-state index in [0.29, 0.717) is 0 Å². The number of nitrogens with zero attached hydrogens (tertiary/aromatic N) is 1. The molecule has 5 heteroatoms. The van der Waals surface area contributed by atoms with Gasteiger partial charge in [-0.05, 0) is 6.07 Å². The van der Waals surface area contributed by atoms with Gasteiger partial charge in [0.2, 0.25) is 0 Å². The molecular weight excluding hydrogens is 165 g/mol. The van der Waals surface area contributed by atoms with Gasteiger partial charge in [-0.15, -0.1) is 0 Å². The molecule has 0 atom stereocenters. The van der Waals surface area contributed by atoms with E-state index in [2.05, 4.69) is 4.74 Å². The maximum Gasteiger partial charge on any atom is 0.273 e. The molecule has 0 saturated carbocycles. The summed E-state index contributed by atoms with van der Waals surface area (Å²) in [6, 6.07) is 2.42. The fourth-order valence-corrected chi connectivity index (χ4v) is 0.684. The van der Waals surface area contributed by atoms with Crippen molar-refractivity contribution >= 4 is 5.69 Å². The van der Waals surface area contributed by atoms with E-state index < -0.39 is 29.2 Å². The molecule has 4 nitrogen and oxygen atoms in total. The Morgan fingerprint density at radius 2 is 2.50 bits per heavy atom. The van der Waals surface area contributed by atoms with Crippen molar-refractivity contribution in [3.05, 3.63) is 34.1 Å². The number of hydrogen-bond donors (Lipinski definition) is 0. The van der Waals surface area contributed by atoms with Gasteiger partial charge in [-0.1, -0.05) is 0 Å². The molecule has 12 heavy (non-hydrogen) atoms. The lowest BCUT2D eigenvalue weighted by molar-refractivity contribution is -0.385. The first-order valence-electron chi connectivity index (χ1n) is 4.42. The quantitative estimate of drug-likeness (QED) is 0.506. The molecule has 0 bridgehead atoms. The van der Waals surface area contributed by atoms with Gasteiger partial charge >= 0.3 is 0 Å². The van der Waals surface area contributed by atoms with E-state index in [4.69, 9.17) is 4.11 Å². The van der Waals surface area contributed by atoms with Crippen LogP contribution in [0.1, 0.15) is 4.11 Å². The Hall–Kier alpha value is -1.65. The Kier molecular flexibility index (Phi) is 1.34. The molecule has 64 valence electrons. The predicted molar refractivity (Wildman–Crippen MR) is 39.6 cm³/mol. The molecule has 0 N–H and O–H groups in total. The van der Waals surface area contributed by atoms with Crippen LogP contribution in [0.25, 0.3) is 0 Å². The lowest BCUT2D eigenvalue weighted by Crippen LogP contribution is -1.92. The highest BCUT2D eigenvalue weighted by Gasteiger charge is 2.10. The molecular formula is C7H6FNO3. The highest BCUT2D eigenvalue weighted by atomic mass is 19.1. The summed E-state index contributed by atoms with van der Waals surface area (Å²) >= 11 is 0. The van der Waals surface area contributed by atoms with Crippen molar-refractivity contribution in [2.45, 2.75) is 0 Å². The van der Waals surface area contributed by atoms with E-state index in [9.17, 15) is 14.5 Å². The van der Waals surface area contributed by atoms with E-state index in [1.54, 1.807) is 0 Å². The second-order valence-corrected chi connectivity index (χ2v) is 1.97. The Morgan fingerprint density at radius 1 is 1.75 bits per heavy atom. The van der Waals surface area contributed by atoms with E-state index in [1.807, 2.05) is 0 Å². The third-order valence-electron chi connectivity index (χ3n) is 1.24. The van der Waals surface area contributed by atoms with Crippen LogP contribution in [0.2, 0.25) is 0 Å². The maximum absolute atomic E-state index is 13.0. The maximum atomic E-state index is 13.0. The SMILES string of the molecule is [2H]C([2H])([2H])Oc1cc([N+](=O)[O-])ccc1F. The van der Waals surface area contributed by atoms with Crippen LogP contribution in [0, 0.1) is 15.9 Å². The second kappa shape index (κ2) is 3.17. The van der Waals surface area contributed by atoms with Crippen molar-refractivity contribution in [1.82, 2.24) is 0 Å². The van der Waals surface area contributed by atoms with Crippen LogP contribution in [0.5, 0.6) is 5.75 Å². The summed E-state index contributed by atoms with van der Waals surface area (Å²) in [6.45, 7) is 0. The van der Waals surface area contributed by atoms with Crippen LogP contribution >= 0.6 is 0 Å². The fraction of sp³-hybridized carbons (Fsp3) is 0.143. The smallest absolute Gasteiger partial charge is 0.273 e. The molecule has 0 aliphatic carbocycles. The fourth-order valence-electron chi connectivity index (χ4n) is 0.684. The molecule has 1 aromatic rings. The Labute approximate surface area is 71.9 Å². The summed E-state index contributed by atoms with van der Waals surface area (Å²) in [4.78, 5) is 9.54. The lowest BCUT2D eigenvalue weighted by atomic mass is 10.3. The van der Waals surface area contributed by atoms with E-state index in [0.717, 1.165) is 18.2 Å². The predicted octanol–water partition coefficient (Wildman–Crippen LogP) is 1.74. The first-order valence-corrected chi connectivity index (χ1v) is 2.92. The molecule has 0 radical (unpaired) electrons. The molecule has 1 rings (SSSR count). The standard InChI is InChI=1S/C7H6FNO3/c1-12-7-4-5(9(10)11)2-3-6(7)8/h2-4H,1H3/i1D3. The molecule has 0 fully saturated rings. The molecule has 0 amide bonds. The number of halogens is 1. The van der Waals surface area contributed by atoms with Gasteiger partial charge in [0.05, 0.1) is 22.1 Å². The number of ether oxygens (including phenoxy) is 1. The van der Waals surface area contributed by atoms with Crippen LogP contribution in [0.4, 0.5) is 10.1 Å². The summed E-state index contributed by atoms with van der Waals surface area (Å²) in [5, 5.41) is 10.3. The molecule has 0 saturated heterocycles. The van der Waals surface area contributed by atoms with Crippen molar-refractivity contribution in [3.8, 4) is 5.75 Å². The molecule has 0 aliphatic heterocycles. The van der Waals surface area contributed by atoms with Gasteiger partial charge in [0.1, 0.15) is 0 Å². The van der Waals surface area contributed by atoms with Gasteiger partial charge in [0.15, 0.2) is 11.6 Å². The Morgan fingerprint density at radius 3 is 3.08 bits per heavy atom. The number of nitro groups is 1. The average Bonchev–Trinajstić information content (AvgIpc) is 2.06. The van der Waals surface area contributed by atoms with Crippen LogP contribution in [0.15, 0.2) is 18.2 Å². The number of benzene rings is 1. The summed E-state index contributed by atoms with van der Waals surface area (Å²) in [7, 11) is -2.84. The van der Waals surface area contributed by atoms with Crippen molar-refractivity contribution < 1.29 is 18.2 Å². The first-order chi connectivity index (χ1) is 6.79. The summed E-state index contributed by atoms with van der Waals surface area (Å²) in [6.07, 6.45) is 0. The third kappa shape index (κ3) is 1.50. The molecule has 1 aromatic carbocycles. The van der Waals surface area contributed by atoms with Gasteiger partial charge in [-0.25, -0.2) is 4.39 Å². The Balaban J connectivity index is 3.06. The second-order valence-electron chi connectivity index (χ2n) is 1.97. The van der Waals surface area contributed by atoms with E-state index in [1.165, 1.54) is 0 Å². The highest BCUT2D eigenvalue weighted by Crippen LogP contribution is 2.22. The zero-order valence-corrected chi connectivity index (χ0v) is 5.78. The minimum Gasteiger partial charge on any atom is -0.493 e. The lowest BCUT2D eigenvalue weighted by Gasteiger charge is -1.99. The monoisotopic (exact) mass is 174 g/mol. The number of hydrogen-bond acceptors (Lipinski definition) is 3. The van der Waals surface area contributed by atoms with Crippen LogP contribution < -0.4 is 4.74 Å². The van der Waals surface area contributed by atoms with Crippen LogP contribution in [-0.4, -0.2) is 12.0 Å². The molecule has 0 spiro atoms. The van der Waals surface area contributed by atoms with Crippen LogP contribution in [-0.2, 0) is 0 Å². The van der Waals surface area contributed by atoms with Gasteiger partial charge in [0.25, 0.3) is 5.69 Å². The highest BCUT2D eigenvalue weighted by molar-refractivity contribution is 5.39. The number of rotatable bonds is 2. The summed E-state index contributed by atoms with van der Waals surface area (Å²) in [5.74, 6) is -1.62. The van der Waals surface area contributed by atoms with E-state index >= 15 is 0 Å². The summed E-state index contributed by atoms with van der Waals surface area (Å²) in [5.41, 5.74) is -0.435. The van der Waals surface area contributed by atoms with Crippen molar-refractivity contribution in [3.63, 3.8) is 0 Å². The zero-order chi connectivity index (χ0) is 11.6.